The highest BCUT2D eigenvalue weighted by atomic mass is 19.2. The van der Waals surface area contributed by atoms with Gasteiger partial charge in [0.25, 0.3) is 0 Å². The van der Waals surface area contributed by atoms with Crippen LogP contribution in [0.5, 0.6) is 0 Å². The molecule has 0 saturated carbocycles. The molecule has 0 bridgehead atoms. The predicted molar refractivity (Wildman–Crippen MR) is 65.4 cm³/mol. The third-order valence-corrected chi connectivity index (χ3v) is 2.58. The summed E-state index contributed by atoms with van der Waals surface area (Å²) in [5, 5.41) is 17.2. The Morgan fingerprint density at radius 3 is 2.53 bits per heavy atom. The average Bonchev–Trinajstić information content (AvgIpc) is 2.43. The first kappa shape index (κ1) is 14.9. The van der Waals surface area contributed by atoms with Crippen LogP contribution in [0.25, 0.3) is 0 Å². The van der Waals surface area contributed by atoms with Crippen molar-refractivity contribution in [2.45, 2.75) is 6.42 Å². The van der Waals surface area contributed by atoms with E-state index in [4.69, 9.17) is 15.3 Å². The molecule has 0 aromatic heterocycles. The van der Waals surface area contributed by atoms with Gasteiger partial charge in [-0.3, -0.25) is 0 Å². The number of anilines is 1. The van der Waals surface area contributed by atoms with E-state index >= 15 is 0 Å². The third kappa shape index (κ3) is 3.64. The number of halogens is 2. The van der Waals surface area contributed by atoms with Gasteiger partial charge in [-0.1, -0.05) is 0 Å². The van der Waals surface area contributed by atoms with Crippen molar-refractivity contribution in [3.63, 3.8) is 0 Å². The normalized spacial score (nSPS) is 9.74. The lowest BCUT2D eigenvalue weighted by atomic mass is 10.1. The zero-order valence-electron chi connectivity index (χ0n) is 10.5. The Balaban J connectivity index is 3.05. The maximum atomic E-state index is 13.9. The van der Waals surface area contributed by atoms with E-state index < -0.39 is 11.6 Å². The molecule has 1 aromatic carbocycles. The van der Waals surface area contributed by atoms with Gasteiger partial charge in [-0.2, -0.15) is 10.5 Å². The number of rotatable bonds is 6. The van der Waals surface area contributed by atoms with Gasteiger partial charge in [0.05, 0.1) is 30.3 Å². The second kappa shape index (κ2) is 7.30. The van der Waals surface area contributed by atoms with Crippen molar-refractivity contribution in [2.75, 3.05) is 31.7 Å². The summed E-state index contributed by atoms with van der Waals surface area (Å²) < 4.78 is 32.3. The van der Waals surface area contributed by atoms with Crippen molar-refractivity contribution in [3.8, 4) is 12.1 Å². The van der Waals surface area contributed by atoms with Gasteiger partial charge in [0.1, 0.15) is 6.07 Å². The van der Waals surface area contributed by atoms with E-state index in [9.17, 15) is 8.78 Å². The third-order valence-electron chi connectivity index (χ3n) is 2.58. The van der Waals surface area contributed by atoms with Crippen molar-refractivity contribution < 1.29 is 13.5 Å². The van der Waals surface area contributed by atoms with Crippen molar-refractivity contribution in [3.05, 3.63) is 29.3 Å². The molecule has 0 fully saturated rings. The second-order valence-electron chi connectivity index (χ2n) is 3.76. The van der Waals surface area contributed by atoms with Crippen LogP contribution in [-0.2, 0) is 4.74 Å². The van der Waals surface area contributed by atoms with Gasteiger partial charge >= 0.3 is 0 Å². The van der Waals surface area contributed by atoms with Crippen molar-refractivity contribution in [1.29, 1.82) is 10.5 Å². The van der Waals surface area contributed by atoms with Gasteiger partial charge in [-0.25, -0.2) is 8.78 Å². The Labute approximate surface area is 110 Å². The number of nitriles is 2. The lowest BCUT2D eigenvalue weighted by Gasteiger charge is -2.24. The fourth-order valence-corrected chi connectivity index (χ4v) is 1.61. The van der Waals surface area contributed by atoms with Crippen LogP contribution in [0.2, 0.25) is 0 Å². The molecule has 4 nitrogen and oxygen atoms in total. The monoisotopic (exact) mass is 265 g/mol. The summed E-state index contributed by atoms with van der Waals surface area (Å²) in [6.45, 7) is 0.926. The van der Waals surface area contributed by atoms with E-state index in [1.807, 2.05) is 6.07 Å². The Kier molecular flexibility index (Phi) is 5.72. The van der Waals surface area contributed by atoms with Crippen LogP contribution >= 0.6 is 0 Å². The highest BCUT2D eigenvalue weighted by Crippen LogP contribution is 2.24. The van der Waals surface area contributed by atoms with Crippen LogP contribution in [-0.4, -0.2) is 26.8 Å². The van der Waals surface area contributed by atoms with E-state index in [2.05, 4.69) is 0 Å². The Hall–Kier alpha value is -2.18. The maximum Gasteiger partial charge on any atom is 0.183 e. The van der Waals surface area contributed by atoms with Crippen molar-refractivity contribution in [1.82, 2.24) is 0 Å². The number of hydrogen-bond acceptors (Lipinski definition) is 4. The topological polar surface area (TPSA) is 60.0 Å². The Morgan fingerprint density at radius 1 is 1.21 bits per heavy atom. The molecule has 19 heavy (non-hydrogen) atoms. The van der Waals surface area contributed by atoms with E-state index in [1.54, 1.807) is 6.07 Å². The van der Waals surface area contributed by atoms with Crippen LogP contribution in [0, 0.1) is 34.3 Å². The first-order valence-corrected chi connectivity index (χ1v) is 5.64. The highest BCUT2D eigenvalue weighted by molar-refractivity contribution is 5.52. The summed E-state index contributed by atoms with van der Waals surface area (Å²) in [6.07, 6.45) is 0.185. The smallest absolute Gasteiger partial charge is 0.183 e. The second-order valence-corrected chi connectivity index (χ2v) is 3.76. The molecule has 0 spiro atoms. The van der Waals surface area contributed by atoms with Crippen LogP contribution in [0.3, 0.4) is 0 Å². The Morgan fingerprint density at radius 2 is 1.95 bits per heavy atom. The lowest BCUT2D eigenvalue weighted by Crippen LogP contribution is -2.29. The van der Waals surface area contributed by atoms with Gasteiger partial charge in [-0.05, 0) is 12.1 Å². The quantitative estimate of drug-likeness (QED) is 0.791. The summed E-state index contributed by atoms with van der Waals surface area (Å²) in [7, 11) is 1.50. The predicted octanol–water partition coefficient (Wildman–Crippen LogP) is 2.20. The van der Waals surface area contributed by atoms with Gasteiger partial charge in [0, 0.05) is 20.2 Å². The van der Waals surface area contributed by atoms with Crippen molar-refractivity contribution >= 4 is 5.69 Å². The highest BCUT2D eigenvalue weighted by Gasteiger charge is 2.17. The fraction of sp³-hybridized carbons (Fsp3) is 0.385. The summed E-state index contributed by atoms with van der Waals surface area (Å²) in [6, 6.07) is 6.09. The summed E-state index contributed by atoms with van der Waals surface area (Å²) in [5.41, 5.74) is -0.308. The zero-order chi connectivity index (χ0) is 14.3. The molecule has 0 radical (unpaired) electrons. The molecular formula is C13H13F2N3O. The molecule has 0 heterocycles. The number of methoxy groups -OCH3 is 1. The maximum absolute atomic E-state index is 13.9. The van der Waals surface area contributed by atoms with E-state index in [0.29, 0.717) is 13.2 Å². The van der Waals surface area contributed by atoms with Crippen LogP contribution in [0.1, 0.15) is 12.0 Å². The minimum atomic E-state index is -1.17. The van der Waals surface area contributed by atoms with Gasteiger partial charge in [0.2, 0.25) is 0 Å². The first-order valence-electron chi connectivity index (χ1n) is 5.64. The van der Waals surface area contributed by atoms with Crippen LogP contribution < -0.4 is 4.90 Å². The summed E-state index contributed by atoms with van der Waals surface area (Å²) in [4.78, 5) is 1.52. The molecule has 100 valence electrons. The summed E-state index contributed by atoms with van der Waals surface area (Å²) in [5.74, 6) is -2.24. The van der Waals surface area contributed by atoms with E-state index in [1.165, 1.54) is 24.1 Å². The molecule has 0 aliphatic heterocycles. The SMILES string of the molecule is COCCN(CCC#N)c1ccc(C#N)c(F)c1F. The molecule has 0 unspecified atom stereocenters. The molecular weight excluding hydrogens is 252 g/mol. The number of benzene rings is 1. The minimum absolute atomic E-state index is 0.0313. The van der Waals surface area contributed by atoms with E-state index in [0.717, 1.165) is 0 Å². The van der Waals surface area contributed by atoms with Crippen LogP contribution in [0.4, 0.5) is 14.5 Å². The van der Waals surface area contributed by atoms with Crippen LogP contribution in [0.15, 0.2) is 12.1 Å². The zero-order valence-corrected chi connectivity index (χ0v) is 10.5. The number of nitrogens with zero attached hydrogens (tertiary/aromatic N) is 3. The number of hydrogen-bond donors (Lipinski definition) is 0. The first-order chi connectivity index (χ1) is 9.15. The minimum Gasteiger partial charge on any atom is -0.383 e. The van der Waals surface area contributed by atoms with Gasteiger partial charge < -0.3 is 9.64 Å². The molecule has 0 N–H and O–H groups in total. The van der Waals surface area contributed by atoms with Gasteiger partial charge in [-0.15, -0.1) is 0 Å². The van der Waals surface area contributed by atoms with E-state index in [-0.39, 0.29) is 24.2 Å². The standard InChI is InChI=1S/C13H13F2N3O/c1-19-8-7-18(6-2-5-16)11-4-3-10(9-17)12(14)13(11)15/h3-4H,2,6-8H2,1H3. The molecule has 1 rings (SSSR count). The average molecular weight is 265 g/mol. The largest absolute Gasteiger partial charge is 0.383 e. The molecule has 0 amide bonds. The van der Waals surface area contributed by atoms with Crippen molar-refractivity contribution in [2.24, 2.45) is 0 Å². The molecule has 1 aromatic rings. The lowest BCUT2D eigenvalue weighted by molar-refractivity contribution is 0.205. The Bertz CT molecular complexity index is 520. The fourth-order valence-electron chi connectivity index (χ4n) is 1.61. The molecule has 6 heteroatoms. The van der Waals surface area contributed by atoms with Gasteiger partial charge in [0.15, 0.2) is 11.6 Å². The molecule has 0 aliphatic carbocycles. The number of ether oxygens (including phenoxy) is 1. The molecule has 0 aliphatic rings. The molecule has 0 atom stereocenters. The summed E-state index contributed by atoms with van der Waals surface area (Å²) >= 11 is 0. The molecule has 0 saturated heterocycles.